The Morgan fingerprint density at radius 1 is 1.32 bits per heavy atom. The molecule has 0 aromatic heterocycles. The molecule has 0 aromatic carbocycles. The maximum atomic E-state index is 12.1. The molecule has 3 amide bonds. The lowest BCUT2D eigenvalue weighted by Crippen LogP contribution is -2.76. The van der Waals surface area contributed by atoms with Gasteiger partial charge in [0.2, 0.25) is 11.7 Å². The van der Waals surface area contributed by atoms with Crippen LogP contribution in [0.1, 0.15) is 6.42 Å². The van der Waals surface area contributed by atoms with Crippen LogP contribution in [0.3, 0.4) is 0 Å². The molecule has 12 nitrogen and oxygen atoms in total. The van der Waals surface area contributed by atoms with E-state index in [1.165, 1.54) is 16.8 Å². The second-order valence-electron chi connectivity index (χ2n) is 6.77. The van der Waals surface area contributed by atoms with Crippen molar-refractivity contribution in [3.63, 3.8) is 0 Å². The van der Waals surface area contributed by atoms with Crippen molar-refractivity contribution in [3.05, 3.63) is 0 Å². The molecule has 0 bridgehead atoms. The summed E-state index contributed by atoms with van der Waals surface area (Å²) in [5, 5.41) is 24.0. The molecule has 4 aliphatic rings. The summed E-state index contributed by atoms with van der Waals surface area (Å²) in [6, 6.07) is -2.01. The number of nitrogens with two attached hydrogens (primary N) is 2. The highest BCUT2D eigenvalue weighted by Crippen LogP contribution is 2.44. The molecular formula is C13H20N8O4. The van der Waals surface area contributed by atoms with Gasteiger partial charge in [-0.1, -0.05) is 0 Å². The maximum absolute atomic E-state index is 12.1. The minimum absolute atomic E-state index is 0.0136. The Balaban J connectivity index is 1.72. The van der Waals surface area contributed by atoms with Gasteiger partial charge >= 0.3 is 6.03 Å². The molecule has 4 rings (SSSR count). The van der Waals surface area contributed by atoms with Gasteiger partial charge in [-0.2, -0.15) is 0 Å². The van der Waals surface area contributed by atoms with Crippen LogP contribution in [0.5, 0.6) is 0 Å². The van der Waals surface area contributed by atoms with Gasteiger partial charge in [0.15, 0.2) is 17.6 Å². The fraction of sp³-hybridized carbons (Fsp3) is 0.692. The number of aliphatic hydroxyl groups is 2. The Hall–Kier alpha value is -2.60. The Kier molecular flexibility index (Phi) is 3.01. The Morgan fingerprint density at radius 3 is 2.68 bits per heavy atom. The molecule has 12 heteroatoms. The quantitative estimate of drug-likeness (QED) is 0.246. The summed E-state index contributed by atoms with van der Waals surface area (Å²) >= 11 is 0. The van der Waals surface area contributed by atoms with E-state index >= 15 is 0 Å². The molecule has 7 N–H and O–H groups in total. The Bertz CT molecular complexity index is 721. The second-order valence-corrected chi connectivity index (χ2v) is 6.77. The van der Waals surface area contributed by atoms with Crippen molar-refractivity contribution < 1.29 is 19.8 Å². The van der Waals surface area contributed by atoms with Gasteiger partial charge in [0.1, 0.15) is 12.6 Å². The van der Waals surface area contributed by atoms with E-state index in [2.05, 4.69) is 15.3 Å². The molecule has 2 saturated heterocycles. The van der Waals surface area contributed by atoms with Crippen LogP contribution >= 0.6 is 0 Å². The zero-order chi connectivity index (χ0) is 18.1. The summed E-state index contributed by atoms with van der Waals surface area (Å²) in [7, 11) is 1.53. The lowest BCUT2D eigenvalue weighted by atomic mass is 9.86. The Labute approximate surface area is 142 Å². The number of carbonyl (C=O) groups is 2. The molecular weight excluding hydrogens is 332 g/mol. The average Bonchev–Trinajstić information content (AvgIpc) is 3.09. The monoisotopic (exact) mass is 352 g/mol. The van der Waals surface area contributed by atoms with Crippen LogP contribution < -0.4 is 16.8 Å². The van der Waals surface area contributed by atoms with Gasteiger partial charge in [0.05, 0.1) is 12.6 Å². The molecule has 4 aliphatic heterocycles. The summed E-state index contributed by atoms with van der Waals surface area (Å²) in [5.74, 6) is -2.41. The largest absolute Gasteiger partial charge is 0.370 e. The predicted molar refractivity (Wildman–Crippen MR) is 84.9 cm³/mol. The zero-order valence-electron chi connectivity index (χ0n) is 13.6. The third-order valence-electron chi connectivity index (χ3n) is 5.28. The van der Waals surface area contributed by atoms with Gasteiger partial charge in [0, 0.05) is 20.0 Å². The van der Waals surface area contributed by atoms with E-state index in [1.54, 1.807) is 0 Å². The van der Waals surface area contributed by atoms with Crippen LogP contribution in [-0.4, -0.2) is 99.0 Å². The van der Waals surface area contributed by atoms with Gasteiger partial charge in [-0.05, 0) is 0 Å². The van der Waals surface area contributed by atoms with Crippen LogP contribution in [0.4, 0.5) is 4.79 Å². The maximum Gasteiger partial charge on any atom is 0.327 e. The van der Waals surface area contributed by atoms with Gasteiger partial charge in [-0.3, -0.25) is 9.69 Å². The topological polar surface area (TPSA) is 173 Å². The molecule has 1 spiro atoms. The minimum atomic E-state index is -2.16. The number of imide groups is 1. The van der Waals surface area contributed by atoms with E-state index in [0.717, 1.165) is 4.90 Å². The van der Waals surface area contributed by atoms with Crippen molar-refractivity contribution in [3.8, 4) is 0 Å². The van der Waals surface area contributed by atoms with Gasteiger partial charge < -0.3 is 36.8 Å². The molecule has 3 unspecified atom stereocenters. The van der Waals surface area contributed by atoms with Crippen LogP contribution in [-0.2, 0) is 4.79 Å². The number of likely N-dealkylation sites (N-methyl/N-ethyl adjacent to an activating group) is 1. The molecule has 0 radical (unpaired) electrons. The first kappa shape index (κ1) is 15.9. The van der Waals surface area contributed by atoms with Crippen molar-refractivity contribution in [1.82, 2.24) is 20.0 Å². The lowest BCUT2D eigenvalue weighted by molar-refractivity contribution is -0.221. The number of guanidine groups is 2. The van der Waals surface area contributed by atoms with Crippen LogP contribution in [0.15, 0.2) is 9.98 Å². The second kappa shape index (κ2) is 4.73. The molecule has 0 aliphatic carbocycles. The molecule has 0 saturated carbocycles. The highest BCUT2D eigenvalue weighted by atomic mass is 16.5. The number of nitrogens with zero attached hydrogens (tertiary/aromatic N) is 5. The summed E-state index contributed by atoms with van der Waals surface area (Å²) in [6.45, 7) is 0.170. The number of nitrogens with one attached hydrogen (secondary N) is 1. The number of hydrogen-bond donors (Lipinski definition) is 5. The van der Waals surface area contributed by atoms with Crippen molar-refractivity contribution in [2.75, 3.05) is 26.7 Å². The number of rotatable bonds is 2. The molecule has 0 aromatic rings. The van der Waals surface area contributed by atoms with E-state index in [0.29, 0.717) is 0 Å². The van der Waals surface area contributed by atoms with Crippen LogP contribution in [0.2, 0.25) is 0 Å². The first-order chi connectivity index (χ1) is 11.7. The number of urea groups is 1. The summed E-state index contributed by atoms with van der Waals surface area (Å²) < 4.78 is 0. The van der Waals surface area contributed by atoms with Crippen molar-refractivity contribution in [2.45, 2.75) is 30.0 Å². The normalized spacial score (nSPS) is 36.2. The van der Waals surface area contributed by atoms with Crippen molar-refractivity contribution in [1.29, 1.82) is 0 Å². The fourth-order valence-electron chi connectivity index (χ4n) is 4.11. The number of hydrogen-bond acceptors (Lipinski definition) is 10. The smallest absolute Gasteiger partial charge is 0.327 e. The average molecular weight is 352 g/mol. The first-order valence-electron chi connectivity index (χ1n) is 7.90. The lowest BCUT2D eigenvalue weighted by Gasteiger charge is -2.49. The SMILES string of the molecule is CN1CC(=O)N(CC2N=C(N)N3CCC(O)(O)C34NC(N)=NC24)C1=O. The van der Waals surface area contributed by atoms with Crippen LogP contribution in [0.25, 0.3) is 0 Å². The van der Waals surface area contributed by atoms with E-state index in [-0.39, 0.29) is 43.9 Å². The fourth-order valence-corrected chi connectivity index (χ4v) is 4.11. The molecule has 25 heavy (non-hydrogen) atoms. The Morgan fingerprint density at radius 2 is 2.04 bits per heavy atom. The summed E-state index contributed by atoms with van der Waals surface area (Å²) in [5.41, 5.74) is 10.4. The van der Waals surface area contributed by atoms with E-state index in [4.69, 9.17) is 11.5 Å². The third-order valence-corrected chi connectivity index (χ3v) is 5.28. The number of carbonyl (C=O) groups excluding carboxylic acids is 2. The summed E-state index contributed by atoms with van der Waals surface area (Å²) in [4.78, 5) is 36.7. The van der Waals surface area contributed by atoms with Crippen molar-refractivity contribution in [2.24, 2.45) is 21.5 Å². The molecule has 2 fully saturated rings. The minimum Gasteiger partial charge on any atom is -0.370 e. The summed E-state index contributed by atoms with van der Waals surface area (Å²) in [6.07, 6.45) is 0.0204. The van der Waals surface area contributed by atoms with E-state index in [9.17, 15) is 19.8 Å². The standard InChI is InChI=1S/C13H20N8O4/c1-19-5-7(22)20(11(19)23)4-6-8-13(18-9(14)17-8)12(24,25)2-3-21(13)10(15)16-6/h6,8,24-25H,2-5H2,1H3,(H2,15,16)(H3,14,17,18). The molecule has 4 heterocycles. The first-order valence-corrected chi connectivity index (χ1v) is 7.90. The number of aliphatic imine (C=N–C) groups is 2. The third kappa shape index (κ3) is 1.88. The van der Waals surface area contributed by atoms with Gasteiger partial charge in [-0.15, -0.1) is 0 Å². The number of amides is 3. The molecule has 3 atom stereocenters. The van der Waals surface area contributed by atoms with Gasteiger partial charge in [0.25, 0.3) is 0 Å². The highest BCUT2D eigenvalue weighted by Gasteiger charge is 2.69. The van der Waals surface area contributed by atoms with Gasteiger partial charge in [-0.25, -0.2) is 14.8 Å². The zero-order valence-corrected chi connectivity index (χ0v) is 13.6. The highest BCUT2D eigenvalue weighted by molar-refractivity contribution is 6.02. The van der Waals surface area contributed by atoms with E-state index < -0.39 is 29.6 Å². The van der Waals surface area contributed by atoms with Crippen molar-refractivity contribution >= 4 is 23.9 Å². The molecule has 136 valence electrons. The predicted octanol–water partition coefficient (Wildman–Crippen LogP) is -4.05. The van der Waals surface area contributed by atoms with E-state index in [1.807, 2.05) is 0 Å². The van der Waals surface area contributed by atoms with Crippen LogP contribution in [0, 0.1) is 0 Å².